The number of thioether (sulfide) groups is 1. The number of hydrogen-bond acceptors (Lipinski definition) is 6. The van der Waals surface area contributed by atoms with E-state index >= 15 is 0 Å². The second-order valence-electron chi connectivity index (χ2n) is 8.34. The Balaban J connectivity index is 1.50. The van der Waals surface area contributed by atoms with E-state index in [-0.39, 0.29) is 35.4 Å². The molecule has 1 saturated heterocycles. The lowest BCUT2D eigenvalue weighted by Crippen LogP contribution is -2.45. The number of nitrogens with zero attached hydrogens (tertiary/aromatic N) is 2. The van der Waals surface area contributed by atoms with Gasteiger partial charge in [-0.15, -0.1) is 11.8 Å². The topological polar surface area (TPSA) is 84.0 Å². The molecule has 7 nitrogen and oxygen atoms in total. The second kappa shape index (κ2) is 9.87. The lowest BCUT2D eigenvalue weighted by Gasteiger charge is -2.34. The van der Waals surface area contributed by atoms with Crippen LogP contribution in [0.25, 0.3) is 0 Å². The minimum Gasteiger partial charge on any atom is -0.465 e. The lowest BCUT2D eigenvalue weighted by molar-refractivity contribution is -0.123. The number of benzene rings is 2. The van der Waals surface area contributed by atoms with Crippen LogP contribution in [0.3, 0.4) is 0 Å². The zero-order valence-corrected chi connectivity index (χ0v) is 20.4. The summed E-state index contributed by atoms with van der Waals surface area (Å²) < 4.78 is 32.7. The average molecular weight is 489 g/mol. The number of para-hydroxylation sites is 1. The third-order valence-corrected chi connectivity index (χ3v) is 9.42. The molecular weight excluding hydrogens is 460 g/mol. The van der Waals surface area contributed by atoms with E-state index in [1.165, 1.54) is 23.5 Å². The predicted octanol–water partition coefficient (Wildman–Crippen LogP) is 3.79. The molecule has 2 aliphatic rings. The van der Waals surface area contributed by atoms with Gasteiger partial charge in [0.2, 0.25) is 15.9 Å². The average Bonchev–Trinajstić information content (AvgIpc) is 3.01. The van der Waals surface area contributed by atoms with Gasteiger partial charge in [0.25, 0.3) is 0 Å². The van der Waals surface area contributed by atoms with E-state index in [0.29, 0.717) is 24.6 Å². The molecule has 0 spiro atoms. The van der Waals surface area contributed by atoms with Crippen molar-refractivity contribution in [2.45, 2.75) is 41.2 Å². The number of carbonyl (C=O) groups excluding carboxylic acids is 2. The molecule has 4 rings (SSSR count). The molecule has 1 unspecified atom stereocenters. The number of sulfonamides is 1. The molecule has 2 aromatic rings. The van der Waals surface area contributed by atoms with Crippen LogP contribution in [0.5, 0.6) is 0 Å². The SMILES string of the molecule is COC(=O)c1ccccc1S(=O)(=O)N1CCC(C(=O)N2CCC(C)Sc3ccccc32)CC1. The van der Waals surface area contributed by atoms with Crippen LogP contribution in [0.2, 0.25) is 0 Å². The Morgan fingerprint density at radius 2 is 1.64 bits per heavy atom. The first kappa shape index (κ1) is 23.8. The maximum Gasteiger partial charge on any atom is 0.339 e. The van der Waals surface area contributed by atoms with E-state index in [1.807, 2.05) is 23.1 Å². The number of piperidine rings is 1. The largest absolute Gasteiger partial charge is 0.465 e. The minimum atomic E-state index is -3.88. The summed E-state index contributed by atoms with van der Waals surface area (Å²) in [5, 5.41) is 0.422. The quantitative estimate of drug-likeness (QED) is 0.609. The monoisotopic (exact) mass is 488 g/mol. The number of amides is 1. The van der Waals surface area contributed by atoms with Crippen molar-refractivity contribution in [2.24, 2.45) is 5.92 Å². The summed E-state index contributed by atoms with van der Waals surface area (Å²) in [6.45, 7) is 3.30. The van der Waals surface area contributed by atoms with Crippen molar-refractivity contribution >= 4 is 39.3 Å². The zero-order valence-electron chi connectivity index (χ0n) is 18.8. The van der Waals surface area contributed by atoms with Gasteiger partial charge in [0.15, 0.2) is 0 Å². The van der Waals surface area contributed by atoms with Gasteiger partial charge in [0, 0.05) is 35.7 Å². The van der Waals surface area contributed by atoms with Gasteiger partial charge in [-0.05, 0) is 43.5 Å². The van der Waals surface area contributed by atoms with Crippen molar-refractivity contribution in [3.05, 3.63) is 54.1 Å². The molecule has 2 heterocycles. The fourth-order valence-electron chi connectivity index (χ4n) is 4.39. The number of rotatable bonds is 4. The summed E-state index contributed by atoms with van der Waals surface area (Å²) in [5.74, 6) is -0.867. The highest BCUT2D eigenvalue weighted by molar-refractivity contribution is 8.00. The molecule has 0 N–H and O–H groups in total. The Morgan fingerprint density at radius 1 is 0.970 bits per heavy atom. The van der Waals surface area contributed by atoms with Crippen LogP contribution in [0, 0.1) is 5.92 Å². The summed E-state index contributed by atoms with van der Waals surface area (Å²) in [5.41, 5.74) is 0.963. The first-order chi connectivity index (χ1) is 15.8. The van der Waals surface area contributed by atoms with Gasteiger partial charge in [0.1, 0.15) is 0 Å². The summed E-state index contributed by atoms with van der Waals surface area (Å²) >= 11 is 1.79. The molecular formula is C24H28N2O5S2. The smallest absolute Gasteiger partial charge is 0.339 e. The van der Waals surface area contributed by atoms with Crippen molar-refractivity contribution in [3.63, 3.8) is 0 Å². The number of methoxy groups -OCH3 is 1. The predicted molar refractivity (Wildman–Crippen MR) is 128 cm³/mol. The lowest BCUT2D eigenvalue weighted by atomic mass is 9.96. The third-order valence-electron chi connectivity index (χ3n) is 6.22. The van der Waals surface area contributed by atoms with E-state index in [1.54, 1.807) is 23.9 Å². The first-order valence-corrected chi connectivity index (χ1v) is 13.4. The van der Waals surface area contributed by atoms with Gasteiger partial charge in [-0.1, -0.05) is 31.2 Å². The van der Waals surface area contributed by atoms with Gasteiger partial charge >= 0.3 is 5.97 Å². The number of esters is 1. The van der Waals surface area contributed by atoms with Gasteiger partial charge in [0.05, 0.1) is 23.3 Å². The zero-order chi connectivity index (χ0) is 23.6. The second-order valence-corrected chi connectivity index (χ2v) is 11.7. The molecule has 1 atom stereocenters. The van der Waals surface area contributed by atoms with Crippen LogP contribution >= 0.6 is 11.8 Å². The molecule has 0 saturated carbocycles. The molecule has 0 aliphatic carbocycles. The number of carbonyl (C=O) groups is 2. The van der Waals surface area contributed by atoms with Crippen LogP contribution in [0.15, 0.2) is 58.3 Å². The summed E-state index contributed by atoms with van der Waals surface area (Å²) in [6.07, 6.45) is 1.79. The Hall–Kier alpha value is -2.36. The van der Waals surface area contributed by atoms with Crippen molar-refractivity contribution in [3.8, 4) is 0 Å². The number of hydrogen-bond donors (Lipinski definition) is 0. The normalized spacial score (nSPS) is 20.1. The highest BCUT2D eigenvalue weighted by atomic mass is 32.2. The fraction of sp³-hybridized carbons (Fsp3) is 0.417. The molecule has 0 bridgehead atoms. The molecule has 0 radical (unpaired) electrons. The Morgan fingerprint density at radius 3 is 2.36 bits per heavy atom. The molecule has 2 aromatic carbocycles. The van der Waals surface area contributed by atoms with Crippen LogP contribution in [-0.4, -0.2) is 56.6 Å². The third kappa shape index (κ3) is 4.81. The van der Waals surface area contributed by atoms with E-state index in [4.69, 9.17) is 4.74 Å². The van der Waals surface area contributed by atoms with Gasteiger partial charge in [-0.3, -0.25) is 4.79 Å². The number of fused-ring (bicyclic) bond motifs is 1. The van der Waals surface area contributed by atoms with Crippen LogP contribution in [0.4, 0.5) is 5.69 Å². The van der Waals surface area contributed by atoms with Crippen LogP contribution in [-0.2, 0) is 19.6 Å². The number of anilines is 1. The van der Waals surface area contributed by atoms with Crippen molar-refractivity contribution in [1.29, 1.82) is 0 Å². The van der Waals surface area contributed by atoms with Gasteiger partial charge in [-0.2, -0.15) is 4.31 Å². The Kier molecular flexibility index (Phi) is 7.11. The molecule has 9 heteroatoms. The maximum absolute atomic E-state index is 13.5. The Labute approximate surface area is 199 Å². The fourth-order valence-corrected chi connectivity index (χ4v) is 7.15. The van der Waals surface area contributed by atoms with E-state index < -0.39 is 16.0 Å². The van der Waals surface area contributed by atoms with Crippen molar-refractivity contribution in [1.82, 2.24) is 4.31 Å². The van der Waals surface area contributed by atoms with Crippen molar-refractivity contribution < 1.29 is 22.7 Å². The molecule has 1 fully saturated rings. The van der Waals surface area contributed by atoms with E-state index in [9.17, 15) is 18.0 Å². The molecule has 1 amide bonds. The summed E-state index contributed by atoms with van der Waals surface area (Å²) in [4.78, 5) is 28.5. The minimum absolute atomic E-state index is 0.0194. The van der Waals surface area contributed by atoms with Gasteiger partial charge < -0.3 is 9.64 Å². The molecule has 0 aromatic heterocycles. The maximum atomic E-state index is 13.5. The molecule has 33 heavy (non-hydrogen) atoms. The summed E-state index contributed by atoms with van der Waals surface area (Å²) in [6, 6.07) is 14.0. The Bertz CT molecular complexity index is 1140. The molecule has 176 valence electrons. The van der Waals surface area contributed by atoms with E-state index in [2.05, 4.69) is 13.0 Å². The van der Waals surface area contributed by atoms with Crippen molar-refractivity contribution in [2.75, 3.05) is 31.6 Å². The van der Waals surface area contributed by atoms with Gasteiger partial charge in [-0.25, -0.2) is 13.2 Å². The number of ether oxygens (including phenoxy) is 1. The first-order valence-electron chi connectivity index (χ1n) is 11.1. The van der Waals surface area contributed by atoms with Crippen LogP contribution < -0.4 is 4.90 Å². The highest BCUT2D eigenvalue weighted by Gasteiger charge is 2.36. The standard InChI is InChI=1S/C24H28N2O5S2/c1-17-11-16-26(20-8-4-5-9-21(20)32-17)23(27)18-12-14-25(15-13-18)33(29,30)22-10-6-3-7-19(22)24(28)31-2/h3-10,17-18H,11-16H2,1-2H3. The molecule has 2 aliphatic heterocycles. The van der Waals surface area contributed by atoms with E-state index in [0.717, 1.165) is 17.0 Å². The highest BCUT2D eigenvalue weighted by Crippen LogP contribution is 2.38. The van der Waals surface area contributed by atoms with Crippen LogP contribution in [0.1, 0.15) is 36.5 Å². The summed E-state index contributed by atoms with van der Waals surface area (Å²) in [7, 11) is -2.65.